The Labute approximate surface area is 115 Å². The third kappa shape index (κ3) is 2.02. The van der Waals surface area contributed by atoms with E-state index in [0.29, 0.717) is 17.8 Å². The van der Waals surface area contributed by atoms with Crippen molar-refractivity contribution in [3.05, 3.63) is 24.2 Å². The molecular formula is C9H8IN3O3S. The molecular weight excluding hydrogens is 357 g/mol. The lowest BCUT2D eigenvalue weighted by atomic mass is 10.2. The highest BCUT2D eigenvalue weighted by Gasteiger charge is 2.25. The van der Waals surface area contributed by atoms with Crippen molar-refractivity contribution in [2.45, 2.75) is 4.90 Å². The first kappa shape index (κ1) is 12.3. The second-order valence-corrected chi connectivity index (χ2v) is 4.94. The molecule has 2 aliphatic heterocycles. The van der Waals surface area contributed by atoms with Gasteiger partial charge in [0, 0.05) is 24.2 Å². The van der Waals surface area contributed by atoms with Gasteiger partial charge in [0.1, 0.15) is 10.6 Å². The van der Waals surface area contributed by atoms with Crippen LogP contribution in [-0.4, -0.2) is 31.9 Å². The van der Waals surface area contributed by atoms with Crippen LogP contribution in [0.2, 0.25) is 0 Å². The predicted octanol–water partition coefficient (Wildman–Crippen LogP) is 1.12. The predicted molar refractivity (Wildman–Crippen MR) is 72.9 cm³/mol. The maximum atomic E-state index is 11.9. The normalized spacial score (nSPS) is 19.8. The van der Waals surface area contributed by atoms with Gasteiger partial charge in [-0.05, 0) is 0 Å². The molecule has 0 saturated carbocycles. The maximum Gasteiger partial charge on any atom is 0.288 e. The lowest BCUT2D eigenvalue weighted by Crippen LogP contribution is -2.10. The Morgan fingerprint density at radius 3 is 3.00 bits per heavy atom. The summed E-state index contributed by atoms with van der Waals surface area (Å²) in [4.78, 5) is 6.67. The highest BCUT2D eigenvalue weighted by atomic mass is 127. The van der Waals surface area contributed by atoms with Crippen LogP contribution in [-0.2, 0) is 10.0 Å². The number of H-pyrrole nitrogens is 1. The summed E-state index contributed by atoms with van der Waals surface area (Å²) in [6, 6.07) is 0. The van der Waals surface area contributed by atoms with Crippen LogP contribution in [0.25, 0.3) is 0 Å². The van der Waals surface area contributed by atoms with Gasteiger partial charge in [0.25, 0.3) is 10.0 Å². The summed E-state index contributed by atoms with van der Waals surface area (Å²) < 4.78 is 32.7. The molecule has 0 unspecified atom stereocenters. The third-order valence-electron chi connectivity index (χ3n) is 2.30. The van der Waals surface area contributed by atoms with E-state index in [4.69, 9.17) is 4.74 Å². The van der Waals surface area contributed by atoms with E-state index < -0.39 is 10.0 Å². The van der Waals surface area contributed by atoms with Gasteiger partial charge >= 0.3 is 0 Å². The Hall–Kier alpha value is -1.16. The van der Waals surface area contributed by atoms with E-state index in [2.05, 4.69) is 14.4 Å². The van der Waals surface area contributed by atoms with Crippen LogP contribution in [0, 0.1) is 0 Å². The Morgan fingerprint density at radius 2 is 2.18 bits per heavy atom. The molecule has 0 atom stereocenters. The monoisotopic (exact) mass is 365 g/mol. The second kappa shape index (κ2) is 4.26. The smallest absolute Gasteiger partial charge is 0.288 e. The molecule has 0 radical (unpaired) electrons. The molecule has 17 heavy (non-hydrogen) atoms. The van der Waals surface area contributed by atoms with Crippen molar-refractivity contribution in [1.29, 1.82) is 0 Å². The molecule has 0 saturated heterocycles. The Kier molecular flexibility index (Phi) is 3.08. The molecule has 8 heteroatoms. The lowest BCUT2D eigenvalue weighted by Gasteiger charge is -2.06. The van der Waals surface area contributed by atoms with Crippen LogP contribution in [0.15, 0.2) is 38.5 Å². The number of halogens is 1. The van der Waals surface area contributed by atoms with Gasteiger partial charge < -0.3 is 9.72 Å². The molecule has 1 aromatic rings. The van der Waals surface area contributed by atoms with Crippen LogP contribution < -0.4 is 4.74 Å². The number of sulfonamides is 1. The zero-order valence-corrected chi connectivity index (χ0v) is 11.6. The zero-order chi connectivity index (χ0) is 11.2. The highest BCUT2D eigenvalue weighted by Crippen LogP contribution is 2.28. The molecule has 3 heterocycles. The van der Waals surface area contributed by atoms with Crippen LogP contribution >= 0.6 is 24.0 Å². The number of hydrogen-bond donors (Lipinski definition) is 1. The van der Waals surface area contributed by atoms with Crippen LogP contribution in [0.1, 0.15) is 0 Å². The van der Waals surface area contributed by atoms with Crippen molar-refractivity contribution in [1.82, 2.24) is 4.98 Å². The van der Waals surface area contributed by atoms with Crippen molar-refractivity contribution >= 4 is 45.9 Å². The molecule has 0 spiro atoms. The van der Waals surface area contributed by atoms with E-state index in [1.165, 1.54) is 24.9 Å². The second-order valence-electron chi connectivity index (χ2n) is 3.37. The summed E-state index contributed by atoms with van der Waals surface area (Å²) in [5, 5.41) is 0. The minimum absolute atomic E-state index is 0. The molecule has 2 aliphatic rings. The number of aromatic nitrogens is 1. The van der Waals surface area contributed by atoms with Gasteiger partial charge in [-0.3, -0.25) is 4.99 Å². The zero-order valence-electron chi connectivity index (χ0n) is 8.45. The van der Waals surface area contributed by atoms with Crippen LogP contribution in [0.4, 0.5) is 0 Å². The summed E-state index contributed by atoms with van der Waals surface area (Å²) in [5.41, 5.74) is 1.00. The SMILES string of the molecule is I.O=S1(=O)N=C2C=NCC2=COc2c[nH]cc21. The first-order valence-corrected chi connectivity index (χ1v) is 5.98. The number of aliphatic imine (C=N–C) groups is 1. The Bertz CT molecular complexity index is 642. The lowest BCUT2D eigenvalue weighted by molar-refractivity contribution is 0.464. The molecule has 0 amide bonds. The van der Waals surface area contributed by atoms with E-state index in [1.54, 1.807) is 0 Å². The number of rotatable bonds is 0. The third-order valence-corrected chi connectivity index (χ3v) is 3.61. The minimum Gasteiger partial charge on any atom is -0.462 e. The Morgan fingerprint density at radius 1 is 1.35 bits per heavy atom. The summed E-state index contributed by atoms with van der Waals surface area (Å²) in [7, 11) is -3.71. The minimum atomic E-state index is -3.71. The van der Waals surface area contributed by atoms with Gasteiger partial charge in [-0.2, -0.15) is 12.8 Å². The van der Waals surface area contributed by atoms with E-state index in [9.17, 15) is 8.42 Å². The van der Waals surface area contributed by atoms with E-state index in [-0.39, 0.29) is 34.6 Å². The average Bonchev–Trinajstić information content (AvgIpc) is 2.81. The average molecular weight is 365 g/mol. The molecule has 0 bridgehead atoms. The summed E-state index contributed by atoms with van der Waals surface area (Å²) in [5.74, 6) is 0.252. The van der Waals surface area contributed by atoms with Crippen LogP contribution in [0.5, 0.6) is 5.75 Å². The van der Waals surface area contributed by atoms with Gasteiger partial charge in [0.05, 0.1) is 12.8 Å². The fraction of sp³-hybridized carbons (Fsp3) is 0.111. The molecule has 3 rings (SSSR count). The van der Waals surface area contributed by atoms with Gasteiger partial charge in [-0.15, -0.1) is 24.0 Å². The number of ether oxygens (including phenoxy) is 1. The van der Waals surface area contributed by atoms with Crippen molar-refractivity contribution in [2.24, 2.45) is 9.39 Å². The largest absolute Gasteiger partial charge is 0.462 e. The molecule has 0 aliphatic carbocycles. The van der Waals surface area contributed by atoms with Crippen molar-refractivity contribution in [3.63, 3.8) is 0 Å². The molecule has 90 valence electrons. The topological polar surface area (TPSA) is 83.9 Å². The number of aromatic amines is 1. The van der Waals surface area contributed by atoms with Gasteiger partial charge in [-0.25, -0.2) is 0 Å². The molecule has 0 fully saturated rings. The van der Waals surface area contributed by atoms with Gasteiger partial charge in [-0.1, -0.05) is 0 Å². The maximum absolute atomic E-state index is 11.9. The first-order chi connectivity index (χ1) is 7.67. The van der Waals surface area contributed by atoms with Crippen molar-refractivity contribution < 1.29 is 13.2 Å². The fourth-order valence-corrected chi connectivity index (χ4v) is 2.62. The van der Waals surface area contributed by atoms with E-state index >= 15 is 0 Å². The molecule has 0 aromatic carbocycles. The first-order valence-electron chi connectivity index (χ1n) is 4.54. The quantitative estimate of drug-likeness (QED) is 0.700. The van der Waals surface area contributed by atoms with Crippen molar-refractivity contribution in [3.8, 4) is 5.75 Å². The standard InChI is InChI=1S/C9H7N3O3S.HI/c13-16(14)9-4-11-3-8(9)15-5-6-1-10-2-7(6)12-16;/h2-5,11H,1H2;1H. The van der Waals surface area contributed by atoms with Gasteiger partial charge in [0.2, 0.25) is 0 Å². The van der Waals surface area contributed by atoms with Gasteiger partial charge in [0.15, 0.2) is 5.75 Å². The van der Waals surface area contributed by atoms with Crippen molar-refractivity contribution in [2.75, 3.05) is 6.54 Å². The summed E-state index contributed by atoms with van der Waals surface area (Å²) in [6.45, 7) is 0.397. The number of nitrogens with zero attached hydrogens (tertiary/aromatic N) is 2. The summed E-state index contributed by atoms with van der Waals surface area (Å²) in [6.07, 6.45) is 5.73. The van der Waals surface area contributed by atoms with E-state index in [0.717, 1.165) is 0 Å². The fourth-order valence-electron chi connectivity index (χ4n) is 1.52. The number of nitrogens with one attached hydrogen (secondary N) is 1. The Balaban J connectivity index is 0.00000108. The highest BCUT2D eigenvalue weighted by molar-refractivity contribution is 14.0. The molecule has 1 N–H and O–H groups in total. The summed E-state index contributed by atoms with van der Waals surface area (Å²) >= 11 is 0. The molecule has 1 aromatic heterocycles. The number of fused-ring (bicyclic) bond motifs is 2. The van der Waals surface area contributed by atoms with E-state index in [1.807, 2.05) is 0 Å². The molecule has 6 nitrogen and oxygen atoms in total. The number of hydrogen-bond acceptors (Lipinski definition) is 4. The van der Waals surface area contributed by atoms with Crippen LogP contribution in [0.3, 0.4) is 0 Å².